The first kappa shape index (κ1) is 18.9. The van der Waals surface area contributed by atoms with Crippen molar-refractivity contribution in [2.75, 3.05) is 12.3 Å². The summed E-state index contributed by atoms with van der Waals surface area (Å²) in [6, 6.07) is 8.51. The van der Waals surface area contributed by atoms with Gasteiger partial charge in [-0.2, -0.15) is 0 Å². The number of carbonyl (C=O) groups is 1. The highest BCUT2D eigenvalue weighted by atomic mass is 32.2. The molecule has 142 valence electrons. The van der Waals surface area contributed by atoms with E-state index in [1.807, 2.05) is 6.92 Å². The first-order valence-corrected chi connectivity index (χ1v) is 10.5. The number of alkyl carbamates (subject to hydrolysis) is 1. The molecule has 0 aromatic heterocycles. The average molecular weight is 379 g/mol. The fraction of sp³-hybridized carbons (Fsp3) is 0.526. The third-order valence-electron chi connectivity index (χ3n) is 5.25. The minimum absolute atomic E-state index is 0.0376. The van der Waals surface area contributed by atoms with Gasteiger partial charge in [-0.05, 0) is 24.5 Å². The molecule has 1 aromatic carbocycles. The second-order valence-electron chi connectivity index (χ2n) is 7.00. The van der Waals surface area contributed by atoms with Crippen molar-refractivity contribution in [3.05, 3.63) is 43.0 Å². The SMILES string of the molecule is C=CC[C@@H]1O[C@H](C[C@H]2CNC(=O)O2)[C@H](C)[C@H]1CS(=O)(=O)c1ccccc1. The van der Waals surface area contributed by atoms with Gasteiger partial charge in [0.1, 0.15) is 6.10 Å². The summed E-state index contributed by atoms with van der Waals surface area (Å²) < 4.78 is 37.0. The van der Waals surface area contributed by atoms with Crippen molar-refractivity contribution in [2.45, 2.75) is 43.0 Å². The van der Waals surface area contributed by atoms with Crippen LogP contribution in [0.5, 0.6) is 0 Å². The summed E-state index contributed by atoms with van der Waals surface area (Å²) in [5.74, 6) is -0.0541. The maximum absolute atomic E-state index is 12.8. The first-order valence-electron chi connectivity index (χ1n) is 8.89. The second-order valence-corrected chi connectivity index (χ2v) is 9.03. The smallest absolute Gasteiger partial charge is 0.407 e. The molecule has 2 aliphatic heterocycles. The molecule has 2 aliphatic rings. The van der Waals surface area contributed by atoms with Crippen LogP contribution in [0, 0.1) is 11.8 Å². The Balaban J connectivity index is 1.73. The van der Waals surface area contributed by atoms with Crippen LogP contribution in [-0.2, 0) is 19.3 Å². The van der Waals surface area contributed by atoms with E-state index in [0.29, 0.717) is 24.3 Å². The van der Waals surface area contributed by atoms with Crippen LogP contribution in [0.3, 0.4) is 0 Å². The summed E-state index contributed by atoms with van der Waals surface area (Å²) in [6.45, 7) is 6.25. The quantitative estimate of drug-likeness (QED) is 0.737. The summed E-state index contributed by atoms with van der Waals surface area (Å²) >= 11 is 0. The number of benzene rings is 1. The predicted octanol–water partition coefficient (Wildman–Crippen LogP) is 2.55. The highest BCUT2D eigenvalue weighted by Gasteiger charge is 2.44. The second kappa shape index (κ2) is 7.80. The van der Waals surface area contributed by atoms with Crippen molar-refractivity contribution < 1.29 is 22.7 Å². The van der Waals surface area contributed by atoms with E-state index in [2.05, 4.69) is 11.9 Å². The number of hydrogen-bond donors (Lipinski definition) is 1. The van der Waals surface area contributed by atoms with Gasteiger partial charge in [-0.1, -0.05) is 31.2 Å². The lowest BCUT2D eigenvalue weighted by Gasteiger charge is -2.21. The third-order valence-corrected chi connectivity index (χ3v) is 7.06. The summed E-state index contributed by atoms with van der Waals surface area (Å²) in [5, 5.41) is 2.64. The number of hydrogen-bond acceptors (Lipinski definition) is 5. The Kier molecular flexibility index (Phi) is 5.67. The summed E-state index contributed by atoms with van der Waals surface area (Å²) in [6.07, 6.45) is 1.94. The molecular formula is C19H25NO5S. The first-order chi connectivity index (χ1) is 12.4. The van der Waals surface area contributed by atoms with Gasteiger partial charge in [-0.25, -0.2) is 13.2 Å². The Morgan fingerprint density at radius 1 is 1.27 bits per heavy atom. The molecule has 0 aliphatic carbocycles. The molecule has 1 amide bonds. The van der Waals surface area contributed by atoms with E-state index in [1.165, 1.54) is 0 Å². The number of cyclic esters (lactones) is 1. The average Bonchev–Trinajstić information content (AvgIpc) is 3.14. The van der Waals surface area contributed by atoms with E-state index in [1.54, 1.807) is 36.4 Å². The molecule has 7 heteroatoms. The monoisotopic (exact) mass is 379 g/mol. The topological polar surface area (TPSA) is 81.7 Å². The minimum Gasteiger partial charge on any atom is -0.444 e. The van der Waals surface area contributed by atoms with E-state index in [-0.39, 0.29) is 35.9 Å². The van der Waals surface area contributed by atoms with Crippen LogP contribution in [0.2, 0.25) is 0 Å². The van der Waals surface area contributed by atoms with Crippen molar-refractivity contribution in [2.24, 2.45) is 11.8 Å². The molecule has 2 heterocycles. The van der Waals surface area contributed by atoms with E-state index in [4.69, 9.17) is 9.47 Å². The van der Waals surface area contributed by atoms with Gasteiger partial charge in [0.15, 0.2) is 9.84 Å². The summed E-state index contributed by atoms with van der Waals surface area (Å²) in [4.78, 5) is 11.6. The standard InChI is InChI=1S/C19H25NO5S/c1-3-7-17-16(12-26(22,23)15-8-5-4-6-9-15)13(2)18(25-17)10-14-11-20-19(21)24-14/h3-6,8-9,13-14,16-18H,1,7,10-12H2,2H3,(H,20,21)/t13-,14+,16-,17+,18-/m1/s1. The normalized spacial score (nSPS) is 31.4. The van der Waals surface area contributed by atoms with Crippen molar-refractivity contribution >= 4 is 15.9 Å². The molecular weight excluding hydrogens is 354 g/mol. The fourth-order valence-corrected chi connectivity index (χ4v) is 5.58. The van der Waals surface area contributed by atoms with Gasteiger partial charge in [0.25, 0.3) is 0 Å². The van der Waals surface area contributed by atoms with Gasteiger partial charge < -0.3 is 14.8 Å². The van der Waals surface area contributed by atoms with Crippen molar-refractivity contribution in [3.8, 4) is 0 Å². The number of sulfone groups is 1. The molecule has 1 N–H and O–H groups in total. The van der Waals surface area contributed by atoms with Crippen molar-refractivity contribution in [3.63, 3.8) is 0 Å². The Hall–Kier alpha value is -1.86. The van der Waals surface area contributed by atoms with Crippen molar-refractivity contribution in [1.82, 2.24) is 5.32 Å². The fourth-order valence-electron chi connectivity index (χ4n) is 3.79. The van der Waals surface area contributed by atoms with Crippen LogP contribution < -0.4 is 5.32 Å². The zero-order chi connectivity index (χ0) is 18.7. The molecule has 3 rings (SSSR count). The van der Waals surface area contributed by atoms with Gasteiger partial charge in [-0.3, -0.25) is 0 Å². The number of ether oxygens (including phenoxy) is 2. The van der Waals surface area contributed by atoms with E-state index < -0.39 is 15.9 Å². The van der Waals surface area contributed by atoms with Crippen LogP contribution in [0.25, 0.3) is 0 Å². The molecule has 0 saturated carbocycles. The van der Waals surface area contributed by atoms with Gasteiger partial charge in [0, 0.05) is 12.3 Å². The predicted molar refractivity (Wildman–Crippen MR) is 97.5 cm³/mol. The van der Waals surface area contributed by atoms with E-state index in [0.717, 1.165) is 0 Å². The Bertz CT molecular complexity index is 748. The summed E-state index contributed by atoms with van der Waals surface area (Å²) in [5.41, 5.74) is 0. The van der Waals surface area contributed by atoms with Crippen LogP contribution >= 0.6 is 0 Å². The third kappa shape index (κ3) is 4.10. The van der Waals surface area contributed by atoms with Crippen molar-refractivity contribution in [1.29, 1.82) is 0 Å². The largest absolute Gasteiger partial charge is 0.444 e. The number of carbonyl (C=O) groups excluding carboxylic acids is 1. The maximum Gasteiger partial charge on any atom is 0.407 e. The van der Waals surface area contributed by atoms with Gasteiger partial charge in [0.2, 0.25) is 0 Å². The lowest BCUT2D eigenvalue weighted by Crippen LogP contribution is -2.29. The zero-order valence-corrected chi connectivity index (χ0v) is 15.7. The van der Waals surface area contributed by atoms with Gasteiger partial charge >= 0.3 is 6.09 Å². The lowest BCUT2D eigenvalue weighted by molar-refractivity contribution is 0.00642. The van der Waals surface area contributed by atoms with E-state index >= 15 is 0 Å². The molecule has 6 nitrogen and oxygen atoms in total. The zero-order valence-electron chi connectivity index (χ0n) is 14.8. The van der Waals surface area contributed by atoms with Crippen LogP contribution in [-0.4, -0.2) is 45.1 Å². The number of rotatable bonds is 7. The Morgan fingerprint density at radius 3 is 2.62 bits per heavy atom. The van der Waals surface area contributed by atoms with Gasteiger partial charge in [-0.15, -0.1) is 6.58 Å². The minimum atomic E-state index is -3.40. The molecule has 0 bridgehead atoms. The van der Waals surface area contributed by atoms with Crippen LogP contribution in [0.15, 0.2) is 47.9 Å². The molecule has 26 heavy (non-hydrogen) atoms. The maximum atomic E-state index is 12.8. The highest BCUT2D eigenvalue weighted by molar-refractivity contribution is 7.91. The van der Waals surface area contributed by atoms with Crippen LogP contribution in [0.1, 0.15) is 19.8 Å². The molecule has 1 aromatic rings. The Morgan fingerprint density at radius 2 is 2.00 bits per heavy atom. The number of nitrogens with one attached hydrogen (secondary N) is 1. The summed E-state index contributed by atoms with van der Waals surface area (Å²) in [7, 11) is -3.40. The Labute approximate surface area is 154 Å². The molecule has 0 spiro atoms. The number of amides is 1. The molecule has 0 unspecified atom stereocenters. The van der Waals surface area contributed by atoms with E-state index in [9.17, 15) is 13.2 Å². The molecule has 5 atom stereocenters. The van der Waals surface area contributed by atoms with Gasteiger partial charge in [0.05, 0.1) is 29.4 Å². The lowest BCUT2D eigenvalue weighted by atomic mass is 9.87. The highest BCUT2D eigenvalue weighted by Crippen LogP contribution is 2.38. The molecule has 2 saturated heterocycles. The molecule has 0 radical (unpaired) electrons. The van der Waals surface area contributed by atoms with Crippen LogP contribution in [0.4, 0.5) is 4.79 Å². The molecule has 2 fully saturated rings.